The van der Waals surface area contributed by atoms with E-state index in [9.17, 15) is 10.1 Å². The number of nitro groups is 1. The molecule has 4 nitrogen and oxygen atoms in total. The smallest absolute Gasteiger partial charge is 0.406 e. The van der Waals surface area contributed by atoms with Gasteiger partial charge in [0.2, 0.25) is 0 Å². The molecule has 0 aliphatic heterocycles. The predicted molar refractivity (Wildman–Crippen MR) is 44.5 cm³/mol. The number of hydrogen-bond donors (Lipinski definition) is 0. The van der Waals surface area contributed by atoms with E-state index < -0.39 is 9.76 Å². The summed E-state index contributed by atoms with van der Waals surface area (Å²) in [6.45, 7) is 1.59. The van der Waals surface area contributed by atoms with Crippen molar-refractivity contribution in [3.8, 4) is 0 Å². The molecule has 0 spiro atoms. The molecule has 0 N–H and O–H groups in total. The van der Waals surface area contributed by atoms with Gasteiger partial charge in [-0.15, -0.1) is 0 Å². The fourth-order valence-corrected chi connectivity index (χ4v) is 1.13. The average molecular weight is 210 g/mol. The van der Waals surface area contributed by atoms with Crippen LogP contribution in [0.3, 0.4) is 0 Å². The molecule has 0 aliphatic carbocycles. The summed E-state index contributed by atoms with van der Waals surface area (Å²) in [7, 11) is 0. The van der Waals surface area contributed by atoms with E-state index in [-0.39, 0.29) is 11.4 Å². The molecule has 0 radical (unpaired) electrons. The predicted octanol–water partition coefficient (Wildman–Crippen LogP) is 2.97. The second-order valence-electron chi connectivity index (χ2n) is 2.18. The molecule has 0 bridgehead atoms. The topological polar surface area (TPSA) is 56.3 Å². The van der Waals surface area contributed by atoms with Gasteiger partial charge in [-0.2, -0.15) is 0 Å². The van der Waals surface area contributed by atoms with Crippen LogP contribution in [0.25, 0.3) is 0 Å². The van der Waals surface area contributed by atoms with Gasteiger partial charge in [-0.3, -0.25) is 10.1 Å². The molecular weight excluding hydrogens is 205 g/mol. The van der Waals surface area contributed by atoms with Crippen LogP contribution < -0.4 is 0 Å². The van der Waals surface area contributed by atoms with Gasteiger partial charge in [0.25, 0.3) is 0 Å². The van der Waals surface area contributed by atoms with Gasteiger partial charge in [-0.25, -0.2) is 0 Å². The lowest BCUT2D eigenvalue weighted by atomic mass is 10.3. The minimum atomic E-state index is -0.928. The fraction of sp³-hybridized carbons (Fsp3) is 0.333. The van der Waals surface area contributed by atoms with Crippen molar-refractivity contribution >= 4 is 29.1 Å². The Bertz CT molecular complexity index is 308. The van der Waals surface area contributed by atoms with Crippen LogP contribution in [0, 0.1) is 17.0 Å². The van der Waals surface area contributed by atoms with Crippen molar-refractivity contribution in [3.05, 3.63) is 27.5 Å². The summed E-state index contributed by atoms with van der Waals surface area (Å²) in [5, 5.41) is 10.3. The highest BCUT2D eigenvalue weighted by atomic mass is 35.5. The Hall–Kier alpha value is -0.740. The molecule has 0 saturated heterocycles. The van der Waals surface area contributed by atoms with E-state index in [0.717, 1.165) is 0 Å². The minimum Gasteiger partial charge on any atom is -0.406 e. The molecule has 0 amide bonds. The number of hydrogen-bond acceptors (Lipinski definition) is 3. The Labute approximate surface area is 78.2 Å². The molecule has 66 valence electrons. The lowest BCUT2D eigenvalue weighted by molar-refractivity contribution is -0.403. The Morgan fingerprint density at radius 2 is 2.25 bits per heavy atom. The molecule has 1 aromatic rings. The van der Waals surface area contributed by atoms with Crippen LogP contribution in [-0.4, -0.2) is 4.92 Å². The first-order chi connectivity index (χ1) is 5.52. The maximum atomic E-state index is 10.3. The molecule has 0 fully saturated rings. The Morgan fingerprint density at radius 3 is 2.58 bits per heavy atom. The average Bonchev–Trinajstić information content (AvgIpc) is 2.31. The molecule has 1 heterocycles. The van der Waals surface area contributed by atoms with Crippen molar-refractivity contribution in [2.24, 2.45) is 0 Å². The van der Waals surface area contributed by atoms with Crippen molar-refractivity contribution in [1.82, 2.24) is 0 Å². The molecule has 0 unspecified atom stereocenters. The number of aryl methyl sites for hydroxylation is 1. The number of alkyl halides is 2. The van der Waals surface area contributed by atoms with Crippen molar-refractivity contribution in [2.45, 2.75) is 11.8 Å². The summed E-state index contributed by atoms with van der Waals surface area (Å²) in [5.41, 5.74) is 0.195. The van der Waals surface area contributed by atoms with E-state index in [1.54, 1.807) is 6.92 Å². The standard InChI is InChI=1S/C6H5Cl2NO3/c1-3-2-4(5(7)8)6(12-3)9(10)11/h2,5H,1H3. The molecule has 0 atom stereocenters. The lowest BCUT2D eigenvalue weighted by Gasteiger charge is -1.92. The Kier molecular flexibility index (Phi) is 2.59. The SMILES string of the molecule is Cc1cc(C(Cl)Cl)c([N+](=O)[O-])o1. The van der Waals surface area contributed by atoms with Crippen LogP contribution in [0.2, 0.25) is 0 Å². The van der Waals surface area contributed by atoms with E-state index in [4.69, 9.17) is 27.6 Å². The van der Waals surface area contributed by atoms with Gasteiger partial charge < -0.3 is 4.42 Å². The van der Waals surface area contributed by atoms with E-state index in [1.807, 2.05) is 0 Å². The molecule has 0 aliphatic rings. The number of halogens is 2. The number of furan rings is 1. The maximum absolute atomic E-state index is 10.3. The zero-order chi connectivity index (χ0) is 9.30. The molecule has 12 heavy (non-hydrogen) atoms. The van der Waals surface area contributed by atoms with Crippen LogP contribution in [0.5, 0.6) is 0 Å². The largest absolute Gasteiger partial charge is 0.439 e. The van der Waals surface area contributed by atoms with E-state index >= 15 is 0 Å². The van der Waals surface area contributed by atoms with Gasteiger partial charge in [-0.05, 0) is 13.0 Å². The van der Waals surface area contributed by atoms with Crippen LogP contribution in [0.1, 0.15) is 16.2 Å². The second kappa shape index (κ2) is 3.33. The van der Waals surface area contributed by atoms with Crippen LogP contribution in [-0.2, 0) is 0 Å². The first-order valence-electron chi connectivity index (χ1n) is 3.05. The van der Waals surface area contributed by atoms with Crippen LogP contribution in [0.4, 0.5) is 5.88 Å². The zero-order valence-corrected chi connectivity index (χ0v) is 7.59. The van der Waals surface area contributed by atoms with Gasteiger partial charge in [0.15, 0.2) is 0 Å². The third-order valence-electron chi connectivity index (χ3n) is 1.26. The van der Waals surface area contributed by atoms with Crippen molar-refractivity contribution < 1.29 is 9.34 Å². The summed E-state index contributed by atoms with van der Waals surface area (Å²) < 4.78 is 4.77. The zero-order valence-electron chi connectivity index (χ0n) is 6.08. The second-order valence-corrected chi connectivity index (χ2v) is 3.27. The van der Waals surface area contributed by atoms with Crippen molar-refractivity contribution in [2.75, 3.05) is 0 Å². The number of rotatable bonds is 2. The molecule has 1 rings (SSSR count). The highest BCUT2D eigenvalue weighted by molar-refractivity contribution is 6.44. The lowest BCUT2D eigenvalue weighted by Crippen LogP contribution is -1.89. The first kappa shape index (κ1) is 9.35. The van der Waals surface area contributed by atoms with E-state index in [0.29, 0.717) is 5.76 Å². The first-order valence-corrected chi connectivity index (χ1v) is 3.92. The van der Waals surface area contributed by atoms with Gasteiger partial charge in [0.05, 0.1) is 0 Å². The monoisotopic (exact) mass is 209 g/mol. The van der Waals surface area contributed by atoms with Crippen LogP contribution >= 0.6 is 23.2 Å². The summed E-state index contributed by atoms with van der Waals surface area (Å²) >= 11 is 10.9. The van der Waals surface area contributed by atoms with Crippen molar-refractivity contribution in [3.63, 3.8) is 0 Å². The highest BCUT2D eigenvalue weighted by Crippen LogP contribution is 2.34. The minimum absolute atomic E-state index is 0.195. The maximum Gasteiger partial charge on any atom is 0.439 e. The summed E-state index contributed by atoms with van der Waals surface area (Å²) in [6, 6.07) is 1.45. The normalized spacial score (nSPS) is 10.7. The molecule has 6 heteroatoms. The molecule has 0 saturated carbocycles. The Morgan fingerprint density at radius 1 is 1.67 bits per heavy atom. The van der Waals surface area contributed by atoms with Crippen molar-refractivity contribution in [1.29, 1.82) is 0 Å². The van der Waals surface area contributed by atoms with Gasteiger partial charge >= 0.3 is 5.88 Å². The number of nitrogens with zero attached hydrogens (tertiary/aromatic N) is 1. The van der Waals surface area contributed by atoms with Crippen LogP contribution in [0.15, 0.2) is 10.5 Å². The van der Waals surface area contributed by atoms with E-state index in [1.165, 1.54) is 6.07 Å². The van der Waals surface area contributed by atoms with Gasteiger partial charge in [-0.1, -0.05) is 23.2 Å². The van der Waals surface area contributed by atoms with E-state index in [2.05, 4.69) is 0 Å². The third-order valence-corrected chi connectivity index (χ3v) is 1.73. The van der Waals surface area contributed by atoms with Gasteiger partial charge in [0, 0.05) is 0 Å². The Balaban J connectivity index is 3.17. The molecular formula is C6H5Cl2NO3. The molecule has 1 aromatic heterocycles. The quantitative estimate of drug-likeness (QED) is 0.428. The summed E-state index contributed by atoms with van der Waals surface area (Å²) in [5.74, 6) is 0.0329. The fourth-order valence-electron chi connectivity index (χ4n) is 0.821. The summed E-state index contributed by atoms with van der Waals surface area (Å²) in [4.78, 5) is 8.75. The highest BCUT2D eigenvalue weighted by Gasteiger charge is 2.24. The summed E-state index contributed by atoms with van der Waals surface area (Å²) in [6.07, 6.45) is 0. The van der Waals surface area contributed by atoms with Gasteiger partial charge in [0.1, 0.15) is 21.1 Å². The third kappa shape index (κ3) is 1.70. The molecule has 0 aromatic carbocycles.